The van der Waals surface area contributed by atoms with Gasteiger partial charge in [0.25, 0.3) is 0 Å². The minimum atomic E-state index is -0.497. The van der Waals surface area contributed by atoms with Crippen molar-refractivity contribution in [2.75, 3.05) is 11.9 Å². The molecule has 2 nitrogen and oxygen atoms in total. The van der Waals surface area contributed by atoms with Gasteiger partial charge in [-0.05, 0) is 33.6 Å². The summed E-state index contributed by atoms with van der Waals surface area (Å²) in [7, 11) is 0. The van der Waals surface area contributed by atoms with E-state index >= 15 is 0 Å². The van der Waals surface area contributed by atoms with Gasteiger partial charge in [-0.3, -0.25) is 0 Å². The maximum atomic E-state index is 9.99. The van der Waals surface area contributed by atoms with Crippen LogP contribution in [0.3, 0.4) is 0 Å². The van der Waals surface area contributed by atoms with Gasteiger partial charge in [-0.1, -0.05) is 42.5 Å². The predicted molar refractivity (Wildman–Crippen MR) is 74.0 cm³/mol. The normalized spacial score (nSPS) is 12.1. The molecule has 0 bridgehead atoms. The lowest BCUT2D eigenvalue weighted by atomic mass is 10.1. The van der Waals surface area contributed by atoms with Crippen molar-refractivity contribution in [3.05, 3.63) is 64.6 Å². The Hall–Kier alpha value is -1.32. The lowest BCUT2D eigenvalue weighted by Gasteiger charge is -2.14. The maximum absolute atomic E-state index is 9.99. The molecule has 2 aromatic carbocycles. The Labute approximate surface area is 109 Å². The first-order chi connectivity index (χ1) is 8.27. The molecular formula is C14H14BrNO. The zero-order valence-electron chi connectivity index (χ0n) is 9.31. The summed E-state index contributed by atoms with van der Waals surface area (Å²) in [4.78, 5) is 0. The summed E-state index contributed by atoms with van der Waals surface area (Å²) in [5.41, 5.74) is 1.91. The lowest BCUT2D eigenvalue weighted by Crippen LogP contribution is -2.12. The van der Waals surface area contributed by atoms with E-state index in [9.17, 15) is 5.11 Å². The number of aliphatic hydroxyl groups is 1. The SMILES string of the molecule is OC(CNc1ccccc1Br)c1ccccc1. The third kappa shape index (κ3) is 3.32. The number of para-hydroxylation sites is 1. The number of aliphatic hydroxyl groups excluding tert-OH is 1. The minimum Gasteiger partial charge on any atom is -0.387 e. The summed E-state index contributed by atoms with van der Waals surface area (Å²) in [6.45, 7) is 0.493. The smallest absolute Gasteiger partial charge is 0.0962 e. The third-order valence-corrected chi connectivity index (χ3v) is 3.24. The van der Waals surface area contributed by atoms with Crippen molar-refractivity contribution in [2.45, 2.75) is 6.10 Å². The Bertz CT molecular complexity index is 473. The van der Waals surface area contributed by atoms with E-state index in [4.69, 9.17) is 0 Å². The molecule has 0 aliphatic rings. The van der Waals surface area contributed by atoms with Gasteiger partial charge in [-0.25, -0.2) is 0 Å². The minimum absolute atomic E-state index is 0.493. The maximum Gasteiger partial charge on any atom is 0.0962 e. The van der Waals surface area contributed by atoms with Crippen LogP contribution in [-0.4, -0.2) is 11.7 Å². The fourth-order valence-corrected chi connectivity index (χ4v) is 2.03. The molecule has 1 atom stereocenters. The first kappa shape index (κ1) is 12.1. The van der Waals surface area contributed by atoms with Crippen LogP contribution in [0.2, 0.25) is 0 Å². The van der Waals surface area contributed by atoms with Crippen LogP contribution in [0, 0.1) is 0 Å². The van der Waals surface area contributed by atoms with Crippen molar-refractivity contribution in [2.24, 2.45) is 0 Å². The predicted octanol–water partition coefficient (Wildman–Crippen LogP) is 3.59. The van der Waals surface area contributed by atoms with E-state index in [1.54, 1.807) is 0 Å². The molecule has 2 rings (SSSR count). The number of nitrogens with one attached hydrogen (secondary N) is 1. The van der Waals surface area contributed by atoms with Crippen molar-refractivity contribution in [1.82, 2.24) is 0 Å². The average Bonchev–Trinajstić information content (AvgIpc) is 2.38. The van der Waals surface area contributed by atoms with Gasteiger partial charge < -0.3 is 10.4 Å². The summed E-state index contributed by atoms with van der Waals surface area (Å²) in [6, 6.07) is 17.5. The molecule has 0 aromatic heterocycles. The van der Waals surface area contributed by atoms with Crippen LogP contribution in [0.15, 0.2) is 59.1 Å². The molecule has 2 N–H and O–H groups in total. The van der Waals surface area contributed by atoms with Crippen LogP contribution < -0.4 is 5.32 Å². The molecule has 0 spiro atoms. The Morgan fingerprint density at radius 1 is 1.00 bits per heavy atom. The van der Waals surface area contributed by atoms with Gasteiger partial charge >= 0.3 is 0 Å². The average molecular weight is 292 g/mol. The number of anilines is 1. The Balaban J connectivity index is 1.97. The number of hydrogen-bond donors (Lipinski definition) is 2. The molecule has 0 aliphatic carbocycles. The molecular weight excluding hydrogens is 278 g/mol. The van der Waals surface area contributed by atoms with E-state index < -0.39 is 6.10 Å². The first-order valence-electron chi connectivity index (χ1n) is 5.49. The van der Waals surface area contributed by atoms with Crippen LogP contribution in [0.5, 0.6) is 0 Å². The highest BCUT2D eigenvalue weighted by Crippen LogP contribution is 2.22. The van der Waals surface area contributed by atoms with Crippen molar-refractivity contribution in [1.29, 1.82) is 0 Å². The zero-order valence-corrected chi connectivity index (χ0v) is 10.9. The molecule has 88 valence electrons. The second kappa shape index (κ2) is 5.84. The molecule has 0 radical (unpaired) electrons. The summed E-state index contributed by atoms with van der Waals surface area (Å²) in [5.74, 6) is 0. The van der Waals surface area contributed by atoms with Crippen LogP contribution in [0.25, 0.3) is 0 Å². The van der Waals surface area contributed by atoms with Gasteiger partial charge in [-0.15, -0.1) is 0 Å². The first-order valence-corrected chi connectivity index (χ1v) is 6.28. The highest BCUT2D eigenvalue weighted by molar-refractivity contribution is 9.10. The highest BCUT2D eigenvalue weighted by Gasteiger charge is 2.06. The molecule has 3 heteroatoms. The van der Waals surface area contributed by atoms with Crippen molar-refractivity contribution >= 4 is 21.6 Å². The molecule has 0 fully saturated rings. The fraction of sp³-hybridized carbons (Fsp3) is 0.143. The summed E-state index contributed by atoms with van der Waals surface area (Å²) >= 11 is 3.46. The topological polar surface area (TPSA) is 32.3 Å². The lowest BCUT2D eigenvalue weighted by molar-refractivity contribution is 0.191. The second-order valence-electron chi connectivity index (χ2n) is 3.79. The molecule has 1 unspecified atom stereocenters. The van der Waals surface area contributed by atoms with E-state index in [0.29, 0.717) is 6.54 Å². The monoisotopic (exact) mass is 291 g/mol. The van der Waals surface area contributed by atoms with Crippen molar-refractivity contribution in [3.8, 4) is 0 Å². The van der Waals surface area contributed by atoms with E-state index in [0.717, 1.165) is 15.7 Å². The fourth-order valence-electron chi connectivity index (χ4n) is 1.60. The third-order valence-electron chi connectivity index (χ3n) is 2.54. The summed E-state index contributed by atoms with van der Waals surface area (Å²) < 4.78 is 1.00. The van der Waals surface area contributed by atoms with Gasteiger partial charge in [0.2, 0.25) is 0 Å². The van der Waals surface area contributed by atoms with Crippen LogP contribution in [-0.2, 0) is 0 Å². The van der Waals surface area contributed by atoms with Crippen LogP contribution >= 0.6 is 15.9 Å². The molecule has 2 aromatic rings. The molecule has 0 aliphatic heterocycles. The van der Waals surface area contributed by atoms with E-state index in [1.165, 1.54) is 0 Å². The molecule has 0 saturated heterocycles. The van der Waals surface area contributed by atoms with Gasteiger partial charge in [0.1, 0.15) is 0 Å². The molecule has 17 heavy (non-hydrogen) atoms. The molecule has 0 saturated carbocycles. The Morgan fingerprint density at radius 3 is 2.35 bits per heavy atom. The standard InChI is InChI=1S/C14H14BrNO/c15-12-8-4-5-9-13(12)16-10-14(17)11-6-2-1-3-7-11/h1-9,14,16-17H,10H2. The van der Waals surface area contributed by atoms with E-state index in [-0.39, 0.29) is 0 Å². The van der Waals surface area contributed by atoms with E-state index in [2.05, 4.69) is 21.2 Å². The second-order valence-corrected chi connectivity index (χ2v) is 4.64. The number of halogens is 1. The quantitative estimate of drug-likeness (QED) is 0.902. The summed E-state index contributed by atoms with van der Waals surface area (Å²) in [6.07, 6.45) is -0.497. The van der Waals surface area contributed by atoms with Gasteiger partial charge in [-0.2, -0.15) is 0 Å². The Kier molecular flexibility index (Phi) is 4.18. The van der Waals surface area contributed by atoms with Crippen molar-refractivity contribution < 1.29 is 5.11 Å². The number of rotatable bonds is 4. The van der Waals surface area contributed by atoms with Gasteiger partial charge in [0.05, 0.1) is 6.10 Å². The van der Waals surface area contributed by atoms with Crippen LogP contribution in [0.1, 0.15) is 11.7 Å². The molecule has 0 amide bonds. The Morgan fingerprint density at radius 2 is 1.65 bits per heavy atom. The van der Waals surface area contributed by atoms with Gasteiger partial charge in [0, 0.05) is 16.7 Å². The largest absolute Gasteiger partial charge is 0.387 e. The molecule has 0 heterocycles. The van der Waals surface area contributed by atoms with E-state index in [1.807, 2.05) is 54.6 Å². The number of hydrogen-bond acceptors (Lipinski definition) is 2. The van der Waals surface area contributed by atoms with Gasteiger partial charge in [0.15, 0.2) is 0 Å². The summed E-state index contributed by atoms with van der Waals surface area (Å²) in [5, 5.41) is 13.2. The highest BCUT2D eigenvalue weighted by atomic mass is 79.9. The van der Waals surface area contributed by atoms with Crippen molar-refractivity contribution in [3.63, 3.8) is 0 Å². The van der Waals surface area contributed by atoms with Crippen LogP contribution in [0.4, 0.5) is 5.69 Å². The number of benzene rings is 2. The zero-order chi connectivity index (χ0) is 12.1.